The standard InChI is InChI=1S/C22H23BrFN3O2S/c1-3-4-5-20-21(28)27(14-15-6-9-18(24)10-7-15)22(30-20)26-25-13-16-12-17(23)8-11-19(16)29-2/h6-13,20H,3-5,14H2,1-2H3/b25-13-,26-22+/t20-/m1/s1. The molecule has 0 aromatic heterocycles. The van der Waals surface area contributed by atoms with Gasteiger partial charge in [-0.2, -0.15) is 5.10 Å². The summed E-state index contributed by atoms with van der Waals surface area (Å²) in [5.74, 6) is 0.399. The highest BCUT2D eigenvalue weighted by atomic mass is 79.9. The second-order valence-electron chi connectivity index (χ2n) is 6.81. The molecule has 0 aliphatic carbocycles. The summed E-state index contributed by atoms with van der Waals surface area (Å²) in [6.45, 7) is 2.44. The maximum atomic E-state index is 13.2. The molecule has 0 bridgehead atoms. The molecule has 158 valence electrons. The molecule has 0 spiro atoms. The number of carbonyl (C=O) groups excluding carboxylic acids is 1. The zero-order chi connectivity index (χ0) is 21.5. The van der Waals surface area contributed by atoms with Crippen molar-refractivity contribution in [3.8, 4) is 5.75 Å². The van der Waals surface area contributed by atoms with Gasteiger partial charge in [0.05, 0.1) is 25.1 Å². The normalized spacial score (nSPS) is 18.0. The van der Waals surface area contributed by atoms with Crippen LogP contribution in [-0.2, 0) is 11.3 Å². The molecule has 1 atom stereocenters. The number of rotatable bonds is 8. The fourth-order valence-electron chi connectivity index (χ4n) is 3.02. The van der Waals surface area contributed by atoms with Gasteiger partial charge in [-0.3, -0.25) is 9.69 Å². The Hall–Kier alpha value is -2.19. The van der Waals surface area contributed by atoms with Crippen LogP contribution < -0.4 is 4.74 Å². The van der Waals surface area contributed by atoms with Crippen LogP contribution >= 0.6 is 27.7 Å². The first-order valence-corrected chi connectivity index (χ1v) is 11.4. The molecule has 1 heterocycles. The number of hydrogen-bond acceptors (Lipinski definition) is 5. The highest BCUT2D eigenvalue weighted by molar-refractivity contribution is 9.10. The summed E-state index contributed by atoms with van der Waals surface area (Å²) in [6.07, 6.45) is 4.40. The number of ether oxygens (including phenoxy) is 1. The summed E-state index contributed by atoms with van der Waals surface area (Å²) < 4.78 is 19.5. The average molecular weight is 492 g/mol. The Morgan fingerprint density at radius 1 is 1.27 bits per heavy atom. The van der Waals surface area contributed by atoms with Crippen LogP contribution in [0.3, 0.4) is 0 Å². The third-order valence-corrected chi connectivity index (χ3v) is 6.35. The lowest BCUT2D eigenvalue weighted by molar-refractivity contribution is -0.126. The van der Waals surface area contributed by atoms with Gasteiger partial charge in [-0.05, 0) is 42.3 Å². The van der Waals surface area contributed by atoms with Crippen molar-refractivity contribution < 1.29 is 13.9 Å². The first-order chi connectivity index (χ1) is 14.5. The van der Waals surface area contributed by atoms with Crippen molar-refractivity contribution in [3.63, 3.8) is 0 Å². The van der Waals surface area contributed by atoms with Crippen molar-refractivity contribution in [1.29, 1.82) is 0 Å². The summed E-state index contributed by atoms with van der Waals surface area (Å²) in [4.78, 5) is 14.6. The molecule has 30 heavy (non-hydrogen) atoms. The van der Waals surface area contributed by atoms with E-state index >= 15 is 0 Å². The van der Waals surface area contributed by atoms with Gasteiger partial charge in [0.15, 0.2) is 5.17 Å². The van der Waals surface area contributed by atoms with Crippen molar-refractivity contribution in [2.75, 3.05) is 7.11 Å². The maximum absolute atomic E-state index is 13.2. The van der Waals surface area contributed by atoms with Crippen LogP contribution in [0, 0.1) is 5.82 Å². The Morgan fingerprint density at radius 2 is 2.03 bits per heavy atom. The van der Waals surface area contributed by atoms with E-state index in [1.165, 1.54) is 23.9 Å². The van der Waals surface area contributed by atoms with E-state index in [4.69, 9.17) is 4.74 Å². The number of nitrogens with zero attached hydrogens (tertiary/aromatic N) is 3. The smallest absolute Gasteiger partial charge is 0.242 e. The Labute approximate surface area is 188 Å². The van der Waals surface area contributed by atoms with Gasteiger partial charge in [-0.25, -0.2) is 4.39 Å². The fourth-order valence-corrected chi connectivity index (χ4v) is 4.55. The molecule has 2 aromatic rings. The minimum atomic E-state index is -0.303. The van der Waals surface area contributed by atoms with E-state index in [2.05, 4.69) is 33.1 Å². The number of benzene rings is 2. The van der Waals surface area contributed by atoms with Crippen LogP contribution in [0.15, 0.2) is 57.1 Å². The van der Waals surface area contributed by atoms with E-state index in [1.54, 1.807) is 30.4 Å². The average Bonchev–Trinajstić information content (AvgIpc) is 3.03. The zero-order valence-corrected chi connectivity index (χ0v) is 19.2. The lowest BCUT2D eigenvalue weighted by Gasteiger charge is -2.16. The van der Waals surface area contributed by atoms with Gasteiger partial charge in [0.25, 0.3) is 0 Å². The zero-order valence-electron chi connectivity index (χ0n) is 16.8. The van der Waals surface area contributed by atoms with Gasteiger partial charge in [0.1, 0.15) is 11.6 Å². The van der Waals surface area contributed by atoms with Crippen LogP contribution in [0.2, 0.25) is 0 Å². The molecule has 0 radical (unpaired) electrons. The van der Waals surface area contributed by atoms with Crippen molar-refractivity contribution in [1.82, 2.24) is 4.90 Å². The second-order valence-corrected chi connectivity index (χ2v) is 8.90. The molecule has 1 amide bonds. The van der Waals surface area contributed by atoms with E-state index in [9.17, 15) is 9.18 Å². The van der Waals surface area contributed by atoms with Crippen LogP contribution in [0.1, 0.15) is 37.3 Å². The summed E-state index contributed by atoms with van der Waals surface area (Å²) in [5, 5.41) is 8.94. The van der Waals surface area contributed by atoms with Crippen molar-refractivity contribution in [3.05, 3.63) is 63.9 Å². The molecule has 8 heteroatoms. The Bertz CT molecular complexity index is 950. The number of thioether (sulfide) groups is 1. The number of unbranched alkanes of at least 4 members (excludes halogenated alkanes) is 1. The van der Waals surface area contributed by atoms with Gasteiger partial charge in [0, 0.05) is 10.0 Å². The number of carbonyl (C=O) groups is 1. The number of amides is 1. The monoisotopic (exact) mass is 491 g/mol. The predicted molar refractivity (Wildman–Crippen MR) is 124 cm³/mol. The molecular formula is C22H23BrFN3O2S. The lowest BCUT2D eigenvalue weighted by Crippen LogP contribution is -2.31. The van der Waals surface area contributed by atoms with E-state index < -0.39 is 0 Å². The number of methoxy groups -OCH3 is 1. The third-order valence-electron chi connectivity index (χ3n) is 4.63. The van der Waals surface area contributed by atoms with Crippen LogP contribution in [-0.4, -0.2) is 34.5 Å². The molecule has 1 fully saturated rings. The summed E-state index contributed by atoms with van der Waals surface area (Å²) in [7, 11) is 1.60. The summed E-state index contributed by atoms with van der Waals surface area (Å²) in [5.41, 5.74) is 1.62. The van der Waals surface area contributed by atoms with E-state index in [0.717, 1.165) is 34.9 Å². The van der Waals surface area contributed by atoms with E-state index in [0.29, 0.717) is 17.5 Å². The molecular weight excluding hydrogens is 469 g/mol. The summed E-state index contributed by atoms with van der Waals surface area (Å²) >= 11 is 4.87. The highest BCUT2D eigenvalue weighted by Gasteiger charge is 2.37. The van der Waals surface area contributed by atoms with Gasteiger partial charge in [0.2, 0.25) is 5.91 Å². The predicted octanol–water partition coefficient (Wildman–Crippen LogP) is 5.62. The lowest BCUT2D eigenvalue weighted by atomic mass is 10.1. The molecule has 2 aromatic carbocycles. The Kier molecular flexibility index (Phi) is 8.04. The van der Waals surface area contributed by atoms with E-state index in [1.807, 2.05) is 18.2 Å². The fraction of sp³-hybridized carbons (Fsp3) is 0.318. The van der Waals surface area contributed by atoms with Crippen LogP contribution in [0.4, 0.5) is 4.39 Å². The van der Waals surface area contributed by atoms with Crippen LogP contribution in [0.25, 0.3) is 0 Å². The van der Waals surface area contributed by atoms with Gasteiger partial charge in [-0.15, -0.1) is 5.10 Å². The topological polar surface area (TPSA) is 54.3 Å². The third kappa shape index (κ3) is 5.70. The molecule has 5 nitrogen and oxygen atoms in total. The highest BCUT2D eigenvalue weighted by Crippen LogP contribution is 2.32. The molecule has 0 saturated carbocycles. The SMILES string of the molecule is CCCC[C@H]1S/C(=N/N=C\c2cc(Br)ccc2OC)N(Cc2ccc(F)cc2)C1=O. The Morgan fingerprint density at radius 3 is 2.73 bits per heavy atom. The molecule has 1 aliphatic heterocycles. The minimum Gasteiger partial charge on any atom is -0.496 e. The first-order valence-electron chi connectivity index (χ1n) is 9.69. The molecule has 0 N–H and O–H groups in total. The largest absolute Gasteiger partial charge is 0.496 e. The van der Waals surface area contributed by atoms with Gasteiger partial charge >= 0.3 is 0 Å². The van der Waals surface area contributed by atoms with Crippen molar-refractivity contribution in [2.24, 2.45) is 10.2 Å². The first kappa shape index (κ1) is 22.5. The van der Waals surface area contributed by atoms with Crippen LogP contribution in [0.5, 0.6) is 5.75 Å². The molecule has 3 rings (SSSR count). The maximum Gasteiger partial charge on any atom is 0.242 e. The second kappa shape index (κ2) is 10.7. The number of amidine groups is 1. The summed E-state index contributed by atoms with van der Waals surface area (Å²) in [6, 6.07) is 11.8. The number of hydrogen-bond donors (Lipinski definition) is 0. The van der Waals surface area contributed by atoms with Gasteiger partial charge < -0.3 is 4.74 Å². The van der Waals surface area contributed by atoms with Gasteiger partial charge in [-0.1, -0.05) is 59.6 Å². The minimum absolute atomic E-state index is 0.0201. The quantitative estimate of drug-likeness (QED) is 0.355. The van der Waals surface area contributed by atoms with Crippen molar-refractivity contribution in [2.45, 2.75) is 38.0 Å². The van der Waals surface area contributed by atoms with E-state index in [-0.39, 0.29) is 17.0 Å². The molecule has 1 saturated heterocycles. The Balaban J connectivity index is 1.83. The number of halogens is 2. The molecule has 0 unspecified atom stereocenters. The van der Waals surface area contributed by atoms with Crippen molar-refractivity contribution >= 4 is 45.0 Å². The molecule has 1 aliphatic rings.